The van der Waals surface area contributed by atoms with Crippen molar-refractivity contribution >= 4 is 7.75 Å². The van der Waals surface area contributed by atoms with Gasteiger partial charge in [-0.1, -0.05) is 0 Å². The minimum Gasteiger partial charge on any atom is -0.309 e. The number of hydrogen-bond acceptors (Lipinski definition) is 4. The molecule has 1 atom stereocenters. The molecule has 5 nitrogen and oxygen atoms in total. The van der Waals surface area contributed by atoms with Crippen molar-refractivity contribution < 1.29 is 13.6 Å². The first-order chi connectivity index (χ1) is 7.89. The molecule has 0 amide bonds. The summed E-state index contributed by atoms with van der Waals surface area (Å²) in [6.07, 6.45) is 1.91. The predicted molar refractivity (Wildman–Crippen MR) is 71.2 cm³/mol. The molecule has 1 N–H and O–H groups in total. The average Bonchev–Trinajstić information content (AvgIpc) is 2.15. The van der Waals surface area contributed by atoms with Gasteiger partial charge in [0.15, 0.2) is 0 Å². The average molecular weight is 266 g/mol. The molecule has 0 aliphatic rings. The van der Waals surface area contributed by atoms with E-state index in [1.807, 2.05) is 34.9 Å². The van der Waals surface area contributed by atoms with E-state index in [4.69, 9.17) is 9.05 Å². The van der Waals surface area contributed by atoms with Crippen molar-refractivity contribution in [2.75, 3.05) is 33.8 Å². The summed E-state index contributed by atoms with van der Waals surface area (Å²) >= 11 is 0. The zero-order valence-corrected chi connectivity index (χ0v) is 12.6. The van der Waals surface area contributed by atoms with E-state index in [1.165, 1.54) is 0 Å². The van der Waals surface area contributed by atoms with Crippen LogP contribution in [0.25, 0.3) is 0 Å². The Kier molecular flexibility index (Phi) is 9.10. The highest BCUT2D eigenvalue weighted by Gasteiger charge is 2.24. The van der Waals surface area contributed by atoms with E-state index in [0.717, 1.165) is 19.4 Å². The maximum absolute atomic E-state index is 12.2. The molecule has 6 heteroatoms. The van der Waals surface area contributed by atoms with Crippen LogP contribution < -0.4 is 5.09 Å². The van der Waals surface area contributed by atoms with Crippen molar-refractivity contribution in [3.63, 3.8) is 0 Å². The van der Waals surface area contributed by atoms with E-state index in [0.29, 0.717) is 13.2 Å². The molecule has 0 fully saturated rings. The van der Waals surface area contributed by atoms with Gasteiger partial charge in [0, 0.05) is 6.54 Å². The molecule has 104 valence electrons. The molecule has 0 radical (unpaired) electrons. The van der Waals surface area contributed by atoms with Crippen LogP contribution in [0.3, 0.4) is 0 Å². The van der Waals surface area contributed by atoms with Crippen LogP contribution in [-0.2, 0) is 13.6 Å². The van der Waals surface area contributed by atoms with E-state index in [1.54, 1.807) is 0 Å². The van der Waals surface area contributed by atoms with Gasteiger partial charge in [0.2, 0.25) is 0 Å². The van der Waals surface area contributed by atoms with E-state index in [-0.39, 0.29) is 6.10 Å². The highest BCUT2D eigenvalue weighted by molar-refractivity contribution is 7.51. The summed E-state index contributed by atoms with van der Waals surface area (Å²) in [6, 6.07) is 0. The lowest BCUT2D eigenvalue weighted by atomic mass is 10.3. The van der Waals surface area contributed by atoms with Crippen molar-refractivity contribution in [1.29, 1.82) is 0 Å². The Morgan fingerprint density at radius 2 is 1.94 bits per heavy atom. The third-order valence-electron chi connectivity index (χ3n) is 1.99. The second-order valence-corrected chi connectivity index (χ2v) is 6.27. The van der Waals surface area contributed by atoms with Gasteiger partial charge in [0.25, 0.3) is 0 Å². The quantitative estimate of drug-likeness (QED) is 0.486. The first-order valence-corrected chi connectivity index (χ1v) is 7.76. The van der Waals surface area contributed by atoms with Gasteiger partial charge in [0.05, 0.1) is 12.7 Å². The van der Waals surface area contributed by atoms with Gasteiger partial charge in [-0.05, 0) is 54.3 Å². The summed E-state index contributed by atoms with van der Waals surface area (Å²) in [5.74, 6) is 0. The summed E-state index contributed by atoms with van der Waals surface area (Å²) in [5.41, 5.74) is 0. The molecular formula is C11H27N2O3P. The Balaban J connectivity index is 3.88. The third kappa shape index (κ3) is 9.74. The van der Waals surface area contributed by atoms with Crippen molar-refractivity contribution in [2.45, 2.75) is 39.7 Å². The molecule has 0 saturated heterocycles. The number of hydrogen-bond donors (Lipinski definition) is 1. The van der Waals surface area contributed by atoms with Gasteiger partial charge < -0.3 is 4.90 Å². The smallest absolute Gasteiger partial charge is 0.309 e. The summed E-state index contributed by atoms with van der Waals surface area (Å²) in [7, 11) is 0.981. The van der Waals surface area contributed by atoms with E-state index in [9.17, 15) is 4.57 Å². The summed E-state index contributed by atoms with van der Waals surface area (Å²) < 4.78 is 22.7. The lowest BCUT2D eigenvalue weighted by molar-refractivity contribution is 0.165. The highest BCUT2D eigenvalue weighted by Crippen LogP contribution is 2.44. The molecule has 0 heterocycles. The molecular weight excluding hydrogens is 239 g/mol. The fourth-order valence-corrected chi connectivity index (χ4v) is 2.88. The van der Waals surface area contributed by atoms with Crippen molar-refractivity contribution in [1.82, 2.24) is 9.99 Å². The molecule has 0 aromatic rings. The third-order valence-corrected chi connectivity index (χ3v) is 3.89. The number of nitrogens with zero attached hydrogens (tertiary/aromatic N) is 1. The van der Waals surface area contributed by atoms with Gasteiger partial charge in [-0.15, -0.1) is 0 Å². The molecule has 0 spiro atoms. The van der Waals surface area contributed by atoms with Gasteiger partial charge in [-0.25, -0.2) is 9.65 Å². The lowest BCUT2D eigenvalue weighted by Gasteiger charge is -2.20. The Bertz CT molecular complexity index is 235. The fraction of sp³-hybridized carbons (Fsp3) is 1.00. The molecule has 17 heavy (non-hydrogen) atoms. The Labute approximate surface area is 105 Å². The molecule has 0 rings (SSSR count). The number of nitrogens with one attached hydrogen (secondary N) is 1. The Hall–Kier alpha value is 0.0700. The molecule has 0 aromatic carbocycles. The van der Waals surface area contributed by atoms with Crippen LogP contribution in [0.1, 0.15) is 33.6 Å². The number of unbranched alkanes of at least 4 members (excludes halogenated alkanes) is 1. The normalized spacial score (nSPS) is 15.5. The number of rotatable bonds is 10. The fourth-order valence-electron chi connectivity index (χ4n) is 1.33. The Morgan fingerprint density at radius 3 is 2.41 bits per heavy atom. The van der Waals surface area contributed by atoms with Crippen molar-refractivity contribution in [3.05, 3.63) is 0 Å². The van der Waals surface area contributed by atoms with Crippen LogP contribution in [0, 0.1) is 0 Å². The minimum absolute atomic E-state index is 0.110. The van der Waals surface area contributed by atoms with Crippen molar-refractivity contribution in [3.8, 4) is 0 Å². The van der Waals surface area contributed by atoms with E-state index < -0.39 is 7.75 Å². The molecule has 0 bridgehead atoms. The standard InChI is InChI=1S/C11H27N2O3P/c1-6-15-17(14,16-11(2)3)12-9-7-8-10-13(4)5/h11H,6-10H2,1-5H3,(H,12,14). The Morgan fingerprint density at radius 1 is 1.29 bits per heavy atom. The minimum atomic E-state index is -3.10. The molecule has 0 aromatic heterocycles. The van der Waals surface area contributed by atoms with Crippen LogP contribution in [0.5, 0.6) is 0 Å². The van der Waals surface area contributed by atoms with Gasteiger partial charge in [-0.3, -0.25) is 9.05 Å². The molecule has 0 aliphatic carbocycles. The van der Waals surface area contributed by atoms with Crippen LogP contribution in [-0.4, -0.2) is 44.8 Å². The van der Waals surface area contributed by atoms with Crippen molar-refractivity contribution in [2.24, 2.45) is 0 Å². The highest BCUT2D eigenvalue weighted by atomic mass is 31.2. The zero-order chi connectivity index (χ0) is 13.3. The monoisotopic (exact) mass is 266 g/mol. The predicted octanol–water partition coefficient (Wildman–Crippen LogP) is 2.49. The molecule has 0 aliphatic heterocycles. The largest absolute Gasteiger partial charge is 0.405 e. The van der Waals surface area contributed by atoms with Crippen LogP contribution in [0.4, 0.5) is 0 Å². The topological polar surface area (TPSA) is 50.8 Å². The van der Waals surface area contributed by atoms with E-state index >= 15 is 0 Å². The van der Waals surface area contributed by atoms with Gasteiger partial charge in [-0.2, -0.15) is 0 Å². The van der Waals surface area contributed by atoms with Crippen LogP contribution in [0.2, 0.25) is 0 Å². The second-order valence-electron chi connectivity index (χ2n) is 4.49. The zero-order valence-electron chi connectivity index (χ0n) is 11.7. The summed E-state index contributed by atoms with van der Waals surface area (Å²) in [4.78, 5) is 2.13. The molecule has 1 unspecified atom stereocenters. The van der Waals surface area contributed by atoms with Gasteiger partial charge >= 0.3 is 7.75 Å². The maximum atomic E-state index is 12.2. The van der Waals surface area contributed by atoms with Crippen LogP contribution >= 0.6 is 7.75 Å². The first kappa shape index (κ1) is 17.1. The van der Waals surface area contributed by atoms with E-state index in [2.05, 4.69) is 9.99 Å². The van der Waals surface area contributed by atoms with Gasteiger partial charge in [0.1, 0.15) is 0 Å². The summed E-state index contributed by atoms with van der Waals surface area (Å²) in [6.45, 7) is 7.57. The lowest BCUT2D eigenvalue weighted by Crippen LogP contribution is -2.20. The first-order valence-electron chi connectivity index (χ1n) is 6.22. The summed E-state index contributed by atoms with van der Waals surface area (Å²) in [5, 5.41) is 2.89. The second kappa shape index (κ2) is 9.06. The SMILES string of the molecule is CCOP(=O)(NCCCCN(C)C)OC(C)C. The molecule has 0 saturated carbocycles. The maximum Gasteiger partial charge on any atom is 0.405 e. The van der Waals surface area contributed by atoms with Crippen LogP contribution in [0.15, 0.2) is 0 Å².